The maximum Gasteiger partial charge on any atom is 0.270 e. The molecule has 1 aromatic rings. The fourth-order valence-electron chi connectivity index (χ4n) is 2.76. The number of nitrogens with zero attached hydrogens (tertiary/aromatic N) is 3. The van der Waals surface area contributed by atoms with Crippen molar-refractivity contribution in [2.24, 2.45) is 0 Å². The Morgan fingerprint density at radius 3 is 2.48 bits per heavy atom. The first-order chi connectivity index (χ1) is 11.9. The maximum absolute atomic E-state index is 12.0. The zero-order valence-corrected chi connectivity index (χ0v) is 14.4. The molecule has 1 aliphatic heterocycles. The van der Waals surface area contributed by atoms with E-state index >= 15 is 0 Å². The summed E-state index contributed by atoms with van der Waals surface area (Å²) in [6.45, 7) is 5.99. The minimum atomic E-state index is -0.523. The summed E-state index contributed by atoms with van der Waals surface area (Å²) in [5, 5.41) is 16.6. The van der Waals surface area contributed by atoms with Gasteiger partial charge >= 0.3 is 0 Å². The number of hydrogen-bond donors (Lipinski definition) is 2. The standard InChI is InChI=1S/C16H23N5O4/c1-12(22)20-9-7-19(8-10-20)6-5-18-15-4-3-13(21(24)25)11-14(15)16(23)17-2/h3-4,11,18H,5-10H2,1-2H3,(H,17,23). The molecule has 0 bridgehead atoms. The molecule has 1 aromatic carbocycles. The summed E-state index contributed by atoms with van der Waals surface area (Å²) in [5.74, 6) is -0.278. The number of nitrogens with one attached hydrogen (secondary N) is 2. The van der Waals surface area contributed by atoms with Crippen LogP contribution in [0.3, 0.4) is 0 Å². The van der Waals surface area contributed by atoms with Crippen LogP contribution < -0.4 is 10.6 Å². The minimum Gasteiger partial charge on any atom is -0.383 e. The predicted molar refractivity (Wildman–Crippen MR) is 93.7 cm³/mol. The molecule has 9 heteroatoms. The number of carbonyl (C=O) groups is 2. The molecular weight excluding hydrogens is 326 g/mol. The molecule has 25 heavy (non-hydrogen) atoms. The molecule has 2 rings (SSSR count). The molecule has 0 unspecified atom stereocenters. The highest BCUT2D eigenvalue weighted by atomic mass is 16.6. The Morgan fingerprint density at radius 1 is 1.24 bits per heavy atom. The normalized spacial score (nSPS) is 14.9. The molecule has 1 aliphatic rings. The molecule has 1 fully saturated rings. The highest BCUT2D eigenvalue weighted by Crippen LogP contribution is 2.22. The van der Waals surface area contributed by atoms with E-state index < -0.39 is 4.92 Å². The van der Waals surface area contributed by atoms with E-state index in [-0.39, 0.29) is 23.1 Å². The Labute approximate surface area is 146 Å². The molecule has 0 radical (unpaired) electrons. The summed E-state index contributed by atoms with van der Waals surface area (Å²) >= 11 is 0. The Bertz CT molecular complexity index is 656. The Hall–Kier alpha value is -2.68. The first kappa shape index (κ1) is 18.7. The Balaban J connectivity index is 1.93. The van der Waals surface area contributed by atoms with Crippen LogP contribution in [0.2, 0.25) is 0 Å². The van der Waals surface area contributed by atoms with Crippen molar-refractivity contribution in [3.63, 3.8) is 0 Å². The van der Waals surface area contributed by atoms with Crippen molar-refractivity contribution in [3.05, 3.63) is 33.9 Å². The molecule has 0 aliphatic carbocycles. The maximum atomic E-state index is 12.0. The smallest absolute Gasteiger partial charge is 0.270 e. The first-order valence-electron chi connectivity index (χ1n) is 8.14. The fraction of sp³-hybridized carbons (Fsp3) is 0.500. The molecule has 1 saturated heterocycles. The van der Waals surface area contributed by atoms with E-state index in [1.165, 1.54) is 19.2 Å². The van der Waals surface area contributed by atoms with Crippen molar-refractivity contribution < 1.29 is 14.5 Å². The average Bonchev–Trinajstić information content (AvgIpc) is 2.61. The summed E-state index contributed by atoms with van der Waals surface area (Å²) < 4.78 is 0. The van der Waals surface area contributed by atoms with E-state index in [9.17, 15) is 19.7 Å². The molecule has 0 atom stereocenters. The van der Waals surface area contributed by atoms with Crippen LogP contribution in [0.5, 0.6) is 0 Å². The number of piperazine rings is 1. The van der Waals surface area contributed by atoms with E-state index in [2.05, 4.69) is 15.5 Å². The van der Waals surface area contributed by atoms with Crippen LogP contribution >= 0.6 is 0 Å². The Morgan fingerprint density at radius 2 is 1.92 bits per heavy atom. The molecule has 0 saturated carbocycles. The lowest BCUT2D eigenvalue weighted by Gasteiger charge is -2.34. The van der Waals surface area contributed by atoms with Crippen molar-refractivity contribution in [1.29, 1.82) is 0 Å². The van der Waals surface area contributed by atoms with Gasteiger partial charge in [-0.15, -0.1) is 0 Å². The lowest BCUT2D eigenvalue weighted by molar-refractivity contribution is -0.384. The molecular formula is C16H23N5O4. The SMILES string of the molecule is CNC(=O)c1cc([N+](=O)[O-])ccc1NCCN1CCN(C(C)=O)CC1. The number of hydrogen-bond acceptors (Lipinski definition) is 6. The highest BCUT2D eigenvalue weighted by Gasteiger charge is 2.19. The van der Waals surface area contributed by atoms with E-state index in [0.717, 1.165) is 32.7 Å². The Kier molecular flexibility index (Phi) is 6.29. The van der Waals surface area contributed by atoms with Gasteiger partial charge in [-0.2, -0.15) is 0 Å². The lowest BCUT2D eigenvalue weighted by Crippen LogP contribution is -2.49. The van der Waals surface area contributed by atoms with Gasteiger partial charge in [0.05, 0.1) is 10.5 Å². The van der Waals surface area contributed by atoms with Gasteiger partial charge in [-0.3, -0.25) is 24.6 Å². The third-order valence-corrected chi connectivity index (χ3v) is 4.25. The van der Waals surface area contributed by atoms with Gasteiger partial charge in [0.25, 0.3) is 11.6 Å². The number of benzene rings is 1. The average molecular weight is 349 g/mol. The number of amides is 2. The van der Waals surface area contributed by atoms with Crippen molar-refractivity contribution in [1.82, 2.24) is 15.1 Å². The van der Waals surface area contributed by atoms with Crippen molar-refractivity contribution in [3.8, 4) is 0 Å². The molecule has 9 nitrogen and oxygen atoms in total. The number of anilines is 1. The van der Waals surface area contributed by atoms with E-state index in [4.69, 9.17) is 0 Å². The van der Waals surface area contributed by atoms with Gasteiger partial charge in [0.2, 0.25) is 5.91 Å². The zero-order chi connectivity index (χ0) is 18.4. The lowest BCUT2D eigenvalue weighted by atomic mass is 10.1. The third-order valence-electron chi connectivity index (χ3n) is 4.25. The highest BCUT2D eigenvalue weighted by molar-refractivity contribution is 6.00. The number of nitro benzene ring substituents is 1. The van der Waals surface area contributed by atoms with E-state index in [1.807, 2.05) is 4.90 Å². The minimum absolute atomic E-state index is 0.0962. The van der Waals surface area contributed by atoms with Crippen LogP contribution in [0.15, 0.2) is 18.2 Å². The quantitative estimate of drug-likeness (QED) is 0.573. The molecule has 2 N–H and O–H groups in total. The topological polar surface area (TPSA) is 108 Å². The van der Waals surface area contributed by atoms with E-state index in [1.54, 1.807) is 13.0 Å². The van der Waals surface area contributed by atoms with Crippen LogP contribution in [-0.2, 0) is 4.79 Å². The van der Waals surface area contributed by atoms with E-state index in [0.29, 0.717) is 12.2 Å². The molecule has 1 heterocycles. The summed E-state index contributed by atoms with van der Waals surface area (Å²) in [6, 6.07) is 4.20. The molecule has 0 spiro atoms. The van der Waals surface area contributed by atoms with Gasteiger partial charge in [0.1, 0.15) is 0 Å². The van der Waals surface area contributed by atoms with Crippen molar-refractivity contribution >= 4 is 23.2 Å². The second-order valence-electron chi connectivity index (χ2n) is 5.84. The number of rotatable bonds is 6. The second kappa shape index (κ2) is 8.43. The van der Waals surface area contributed by atoms with Gasteiger partial charge in [-0.05, 0) is 6.07 Å². The zero-order valence-electron chi connectivity index (χ0n) is 14.4. The van der Waals surface area contributed by atoms with Gasteiger partial charge in [-0.25, -0.2) is 0 Å². The van der Waals surface area contributed by atoms with Gasteiger partial charge in [-0.1, -0.05) is 0 Å². The molecule has 136 valence electrons. The van der Waals surface area contributed by atoms with Crippen LogP contribution in [0, 0.1) is 10.1 Å². The summed E-state index contributed by atoms with van der Waals surface area (Å²) in [4.78, 5) is 37.7. The van der Waals surface area contributed by atoms with Gasteiger partial charge < -0.3 is 15.5 Å². The molecule has 2 amide bonds. The largest absolute Gasteiger partial charge is 0.383 e. The van der Waals surface area contributed by atoms with Crippen molar-refractivity contribution in [2.75, 3.05) is 51.6 Å². The van der Waals surface area contributed by atoms with Crippen LogP contribution in [0.25, 0.3) is 0 Å². The van der Waals surface area contributed by atoms with Crippen LogP contribution in [-0.4, -0.2) is 72.9 Å². The summed E-state index contributed by atoms with van der Waals surface area (Å²) in [6.07, 6.45) is 0. The third kappa shape index (κ3) is 4.90. The number of non-ortho nitro benzene ring substituents is 1. The summed E-state index contributed by atoms with van der Waals surface area (Å²) in [5.41, 5.74) is 0.690. The predicted octanol–water partition coefficient (Wildman–Crippen LogP) is 0.530. The van der Waals surface area contributed by atoms with Gasteiger partial charge in [0.15, 0.2) is 0 Å². The van der Waals surface area contributed by atoms with Crippen LogP contribution in [0.4, 0.5) is 11.4 Å². The second-order valence-corrected chi connectivity index (χ2v) is 5.84. The fourth-order valence-corrected chi connectivity index (χ4v) is 2.76. The van der Waals surface area contributed by atoms with Crippen molar-refractivity contribution in [2.45, 2.75) is 6.92 Å². The monoisotopic (exact) mass is 349 g/mol. The van der Waals surface area contributed by atoms with Gasteiger partial charge in [0, 0.05) is 71.1 Å². The first-order valence-corrected chi connectivity index (χ1v) is 8.14. The summed E-state index contributed by atoms with van der Waals surface area (Å²) in [7, 11) is 1.49. The molecule has 0 aromatic heterocycles. The number of nitro groups is 1. The number of carbonyl (C=O) groups excluding carboxylic acids is 2. The van der Waals surface area contributed by atoms with Crippen LogP contribution in [0.1, 0.15) is 17.3 Å².